The van der Waals surface area contributed by atoms with Crippen LogP contribution in [0.2, 0.25) is 0 Å². The number of likely N-dealkylation sites (N-methyl/N-ethyl adjacent to an activating group) is 2. The fraction of sp³-hybridized carbons (Fsp3) is 0.316. The Hall–Kier alpha value is -2.56. The second-order valence-electron chi connectivity index (χ2n) is 5.94. The number of anilines is 1. The Labute approximate surface area is 141 Å². The van der Waals surface area contributed by atoms with Crippen molar-refractivity contribution in [2.75, 3.05) is 31.6 Å². The molecular formula is C19H21FN2O2. The zero-order valence-corrected chi connectivity index (χ0v) is 13.9. The quantitative estimate of drug-likeness (QED) is 0.864. The van der Waals surface area contributed by atoms with Gasteiger partial charge in [-0.3, -0.25) is 4.79 Å². The topological polar surface area (TPSA) is 32.8 Å². The molecule has 0 N–H and O–H groups in total. The molecule has 0 saturated heterocycles. The van der Waals surface area contributed by atoms with Crippen molar-refractivity contribution in [3.8, 4) is 5.75 Å². The van der Waals surface area contributed by atoms with Crippen LogP contribution in [-0.4, -0.2) is 43.6 Å². The van der Waals surface area contributed by atoms with E-state index in [0.717, 1.165) is 24.5 Å². The molecule has 1 heterocycles. The van der Waals surface area contributed by atoms with Crippen LogP contribution in [0.3, 0.4) is 0 Å². The second-order valence-corrected chi connectivity index (χ2v) is 5.94. The van der Waals surface area contributed by atoms with Crippen LogP contribution >= 0.6 is 0 Å². The molecule has 0 saturated carbocycles. The van der Waals surface area contributed by atoms with Gasteiger partial charge in [0.25, 0.3) is 5.91 Å². The molecule has 0 aliphatic carbocycles. The minimum atomic E-state index is -0.347. The molecule has 126 valence electrons. The fourth-order valence-corrected chi connectivity index (χ4v) is 2.97. The molecule has 2 aromatic carbocycles. The summed E-state index contributed by atoms with van der Waals surface area (Å²) in [5.41, 5.74) is 1.56. The van der Waals surface area contributed by atoms with Gasteiger partial charge in [-0.05, 0) is 43.3 Å². The van der Waals surface area contributed by atoms with E-state index in [1.54, 1.807) is 11.9 Å². The van der Waals surface area contributed by atoms with E-state index in [1.165, 1.54) is 24.3 Å². The highest BCUT2D eigenvalue weighted by molar-refractivity contribution is 5.94. The molecular weight excluding hydrogens is 307 g/mol. The molecule has 3 rings (SSSR count). The smallest absolute Gasteiger partial charge is 0.253 e. The predicted molar refractivity (Wildman–Crippen MR) is 92.1 cm³/mol. The van der Waals surface area contributed by atoms with Crippen LogP contribution in [0, 0.1) is 5.82 Å². The maximum absolute atomic E-state index is 13.0. The standard InChI is InChI=1S/C19H21FN2O2/c1-3-22-13-16(24-18-7-5-4-6-17(18)22)12-21(2)19(23)14-8-10-15(20)11-9-14/h4-11,16H,3,12-13H2,1-2H3/t16-/m1/s1. The minimum Gasteiger partial charge on any atom is -0.485 e. The Bertz CT molecular complexity index is 718. The number of carbonyl (C=O) groups excluding carboxylic acids is 1. The van der Waals surface area contributed by atoms with Crippen molar-refractivity contribution >= 4 is 11.6 Å². The number of hydrogen-bond acceptors (Lipinski definition) is 3. The zero-order chi connectivity index (χ0) is 17.1. The number of hydrogen-bond donors (Lipinski definition) is 0. The number of carbonyl (C=O) groups is 1. The van der Waals surface area contributed by atoms with Crippen LogP contribution in [-0.2, 0) is 0 Å². The Morgan fingerprint density at radius 2 is 1.96 bits per heavy atom. The van der Waals surface area contributed by atoms with Gasteiger partial charge in [0.1, 0.15) is 17.7 Å². The van der Waals surface area contributed by atoms with Gasteiger partial charge in [0.2, 0.25) is 0 Å². The van der Waals surface area contributed by atoms with E-state index < -0.39 is 0 Å². The highest BCUT2D eigenvalue weighted by atomic mass is 19.1. The number of para-hydroxylation sites is 2. The number of nitrogens with zero attached hydrogens (tertiary/aromatic N) is 2. The Kier molecular flexibility index (Phi) is 4.69. The zero-order valence-electron chi connectivity index (χ0n) is 13.9. The third-order valence-corrected chi connectivity index (χ3v) is 4.22. The SMILES string of the molecule is CCN1C[C@@H](CN(C)C(=O)c2ccc(F)cc2)Oc2ccccc21. The van der Waals surface area contributed by atoms with Crippen LogP contribution in [0.5, 0.6) is 5.75 Å². The van der Waals surface area contributed by atoms with Crippen LogP contribution < -0.4 is 9.64 Å². The first-order valence-electron chi connectivity index (χ1n) is 8.10. The first-order valence-corrected chi connectivity index (χ1v) is 8.10. The number of halogens is 1. The van der Waals surface area contributed by atoms with Gasteiger partial charge in [0, 0.05) is 19.2 Å². The lowest BCUT2D eigenvalue weighted by molar-refractivity contribution is 0.0709. The highest BCUT2D eigenvalue weighted by Gasteiger charge is 2.26. The van der Waals surface area contributed by atoms with E-state index in [9.17, 15) is 9.18 Å². The molecule has 1 aliphatic rings. The normalized spacial score (nSPS) is 16.3. The lowest BCUT2D eigenvalue weighted by Gasteiger charge is -2.37. The van der Waals surface area contributed by atoms with Gasteiger partial charge in [-0.15, -0.1) is 0 Å². The van der Waals surface area contributed by atoms with Crippen molar-refractivity contribution in [1.82, 2.24) is 4.90 Å². The summed E-state index contributed by atoms with van der Waals surface area (Å²) in [5.74, 6) is 0.360. The van der Waals surface area contributed by atoms with Crippen molar-refractivity contribution in [3.05, 3.63) is 59.9 Å². The molecule has 2 aromatic rings. The Balaban J connectivity index is 1.70. The van der Waals surface area contributed by atoms with E-state index in [1.807, 2.05) is 24.3 Å². The van der Waals surface area contributed by atoms with Gasteiger partial charge >= 0.3 is 0 Å². The molecule has 1 atom stereocenters. The van der Waals surface area contributed by atoms with Gasteiger partial charge < -0.3 is 14.5 Å². The fourth-order valence-electron chi connectivity index (χ4n) is 2.97. The number of benzene rings is 2. The summed E-state index contributed by atoms with van der Waals surface area (Å²) in [7, 11) is 1.74. The largest absolute Gasteiger partial charge is 0.485 e. The van der Waals surface area contributed by atoms with Crippen LogP contribution in [0.25, 0.3) is 0 Å². The summed E-state index contributed by atoms with van der Waals surface area (Å²) in [4.78, 5) is 16.3. The molecule has 1 amide bonds. The monoisotopic (exact) mass is 328 g/mol. The number of ether oxygens (including phenoxy) is 1. The summed E-state index contributed by atoms with van der Waals surface area (Å²) in [6.07, 6.45) is -0.103. The van der Waals surface area contributed by atoms with Crippen molar-refractivity contribution in [3.63, 3.8) is 0 Å². The summed E-state index contributed by atoms with van der Waals surface area (Å²) >= 11 is 0. The average molecular weight is 328 g/mol. The minimum absolute atomic E-state index is 0.103. The van der Waals surface area contributed by atoms with Crippen molar-refractivity contribution in [2.24, 2.45) is 0 Å². The summed E-state index contributed by atoms with van der Waals surface area (Å²) in [5, 5.41) is 0. The Morgan fingerprint density at radius 3 is 2.67 bits per heavy atom. The molecule has 0 unspecified atom stereocenters. The van der Waals surface area contributed by atoms with Crippen LogP contribution in [0.4, 0.5) is 10.1 Å². The van der Waals surface area contributed by atoms with E-state index >= 15 is 0 Å². The summed E-state index contributed by atoms with van der Waals surface area (Å²) < 4.78 is 19.0. The lowest BCUT2D eigenvalue weighted by Crippen LogP contribution is -2.46. The molecule has 0 bridgehead atoms. The number of fused-ring (bicyclic) bond motifs is 1. The third kappa shape index (κ3) is 3.35. The number of amides is 1. The second kappa shape index (κ2) is 6.91. The number of rotatable bonds is 4. The van der Waals surface area contributed by atoms with E-state index in [4.69, 9.17) is 4.74 Å². The maximum atomic E-state index is 13.0. The molecule has 4 nitrogen and oxygen atoms in total. The van der Waals surface area contributed by atoms with Gasteiger partial charge in [-0.1, -0.05) is 12.1 Å². The molecule has 0 fully saturated rings. The molecule has 0 radical (unpaired) electrons. The lowest BCUT2D eigenvalue weighted by atomic mass is 10.1. The van der Waals surface area contributed by atoms with E-state index in [2.05, 4.69) is 11.8 Å². The van der Waals surface area contributed by atoms with Crippen molar-refractivity contribution in [2.45, 2.75) is 13.0 Å². The molecule has 24 heavy (non-hydrogen) atoms. The van der Waals surface area contributed by atoms with E-state index in [0.29, 0.717) is 12.1 Å². The van der Waals surface area contributed by atoms with Gasteiger partial charge in [0.05, 0.1) is 18.8 Å². The van der Waals surface area contributed by atoms with Crippen molar-refractivity contribution in [1.29, 1.82) is 0 Å². The van der Waals surface area contributed by atoms with E-state index in [-0.39, 0.29) is 17.8 Å². The Morgan fingerprint density at radius 1 is 1.25 bits per heavy atom. The highest BCUT2D eigenvalue weighted by Crippen LogP contribution is 2.32. The van der Waals surface area contributed by atoms with Gasteiger partial charge in [-0.2, -0.15) is 0 Å². The van der Waals surface area contributed by atoms with Crippen LogP contribution in [0.1, 0.15) is 17.3 Å². The molecule has 1 aliphatic heterocycles. The maximum Gasteiger partial charge on any atom is 0.253 e. The molecule has 0 aromatic heterocycles. The predicted octanol–water partition coefficient (Wildman–Crippen LogP) is 3.19. The molecule has 5 heteroatoms. The first-order chi connectivity index (χ1) is 11.6. The van der Waals surface area contributed by atoms with Crippen molar-refractivity contribution < 1.29 is 13.9 Å². The first kappa shape index (κ1) is 16.3. The van der Waals surface area contributed by atoms with Gasteiger partial charge in [0.15, 0.2) is 0 Å². The molecule has 0 spiro atoms. The summed E-state index contributed by atoms with van der Waals surface area (Å²) in [6, 6.07) is 13.5. The van der Waals surface area contributed by atoms with Crippen LogP contribution in [0.15, 0.2) is 48.5 Å². The average Bonchev–Trinajstić information content (AvgIpc) is 2.61. The summed E-state index contributed by atoms with van der Waals surface area (Å²) in [6.45, 7) is 4.19. The van der Waals surface area contributed by atoms with Gasteiger partial charge in [-0.25, -0.2) is 4.39 Å². The third-order valence-electron chi connectivity index (χ3n) is 4.22.